The first kappa shape index (κ1) is 15.2. The second-order valence-electron chi connectivity index (χ2n) is 4.25. The molecule has 0 aromatic carbocycles. The molecule has 1 heterocycles. The molecule has 5 nitrogen and oxygen atoms in total. The van der Waals surface area contributed by atoms with Crippen molar-refractivity contribution in [2.24, 2.45) is 0 Å². The van der Waals surface area contributed by atoms with E-state index in [0.717, 1.165) is 0 Å². The van der Waals surface area contributed by atoms with Gasteiger partial charge in [-0.25, -0.2) is 0 Å². The fraction of sp³-hybridized carbons (Fsp3) is 0.900. The van der Waals surface area contributed by atoms with Crippen LogP contribution in [0.4, 0.5) is 13.2 Å². The van der Waals surface area contributed by atoms with Gasteiger partial charge in [-0.15, -0.1) is 0 Å². The van der Waals surface area contributed by atoms with Crippen LogP contribution in [-0.2, 0) is 9.53 Å². The predicted molar refractivity (Wildman–Crippen MR) is 56.9 cm³/mol. The number of carbonyl (C=O) groups excluding carboxylic acids is 1. The number of β-amino-alcohol motifs (C(OH)–C–C–N with tert-alkyl or cyclic N) is 1. The van der Waals surface area contributed by atoms with Gasteiger partial charge in [0, 0.05) is 33.1 Å². The van der Waals surface area contributed by atoms with Crippen LogP contribution in [0.15, 0.2) is 0 Å². The number of aliphatic hydroxyl groups is 1. The molecular weight excluding hydrogens is 253 g/mol. The number of ether oxygens (including phenoxy) is 1. The molecule has 0 radical (unpaired) electrons. The minimum Gasteiger partial charge on any atom is -0.382 e. The first-order valence-electron chi connectivity index (χ1n) is 5.62. The van der Waals surface area contributed by atoms with Gasteiger partial charge in [0.05, 0.1) is 12.7 Å². The lowest BCUT2D eigenvalue weighted by atomic mass is 10.2. The second kappa shape index (κ2) is 6.35. The molecule has 1 amide bonds. The highest BCUT2D eigenvalue weighted by Crippen LogP contribution is 2.21. The molecular formula is C10H17F3N2O3. The van der Waals surface area contributed by atoms with Gasteiger partial charge in [0.25, 0.3) is 0 Å². The monoisotopic (exact) mass is 270 g/mol. The molecule has 2 N–H and O–H groups in total. The molecule has 2 unspecified atom stereocenters. The standard InChI is InChI=1S/C10H17F3N2O3/c1-7(16)14-4-8-5-15(2-3-18-8)6-9(17)10(11,12)13/h8-9,17H,2-6H2,1H3,(H,14,16). The van der Waals surface area contributed by atoms with Gasteiger partial charge in [0.15, 0.2) is 6.10 Å². The van der Waals surface area contributed by atoms with E-state index in [-0.39, 0.29) is 31.7 Å². The van der Waals surface area contributed by atoms with Gasteiger partial charge >= 0.3 is 6.18 Å². The smallest absolute Gasteiger partial charge is 0.382 e. The molecule has 1 rings (SSSR count). The molecule has 2 atom stereocenters. The number of rotatable bonds is 4. The third-order valence-electron chi connectivity index (χ3n) is 2.61. The van der Waals surface area contributed by atoms with E-state index in [1.165, 1.54) is 11.8 Å². The van der Waals surface area contributed by atoms with Gasteiger partial charge in [-0.3, -0.25) is 9.69 Å². The van der Waals surface area contributed by atoms with Crippen LogP contribution in [0.2, 0.25) is 0 Å². The summed E-state index contributed by atoms with van der Waals surface area (Å²) in [7, 11) is 0. The van der Waals surface area contributed by atoms with Crippen molar-refractivity contribution in [1.82, 2.24) is 10.2 Å². The molecule has 1 aliphatic rings. The minimum atomic E-state index is -4.61. The topological polar surface area (TPSA) is 61.8 Å². The van der Waals surface area contributed by atoms with E-state index in [2.05, 4.69) is 5.32 Å². The lowest BCUT2D eigenvalue weighted by Crippen LogP contribution is -2.51. The van der Waals surface area contributed by atoms with E-state index in [1.54, 1.807) is 0 Å². The van der Waals surface area contributed by atoms with E-state index in [1.807, 2.05) is 0 Å². The Hall–Kier alpha value is -0.860. The maximum Gasteiger partial charge on any atom is 0.415 e. The largest absolute Gasteiger partial charge is 0.415 e. The van der Waals surface area contributed by atoms with Crippen LogP contribution in [0.25, 0.3) is 0 Å². The van der Waals surface area contributed by atoms with Crippen molar-refractivity contribution in [3.8, 4) is 0 Å². The molecule has 0 aliphatic carbocycles. The normalized spacial score (nSPS) is 23.7. The SMILES string of the molecule is CC(=O)NCC1CN(CC(O)C(F)(F)F)CCO1. The average Bonchev–Trinajstić information content (AvgIpc) is 2.25. The Morgan fingerprint density at radius 3 is 2.83 bits per heavy atom. The third kappa shape index (κ3) is 5.19. The third-order valence-corrected chi connectivity index (χ3v) is 2.61. The Kier molecular flexibility index (Phi) is 5.36. The van der Waals surface area contributed by atoms with Crippen LogP contribution in [0.1, 0.15) is 6.92 Å². The summed E-state index contributed by atoms with van der Waals surface area (Å²) >= 11 is 0. The fourth-order valence-electron chi connectivity index (χ4n) is 1.68. The van der Waals surface area contributed by atoms with Crippen molar-refractivity contribution >= 4 is 5.91 Å². The molecule has 18 heavy (non-hydrogen) atoms. The van der Waals surface area contributed by atoms with Gasteiger partial charge in [-0.05, 0) is 0 Å². The lowest BCUT2D eigenvalue weighted by molar-refractivity contribution is -0.211. The molecule has 1 aliphatic heterocycles. The maximum absolute atomic E-state index is 12.2. The predicted octanol–water partition coefficient (Wildman–Crippen LogP) is -0.254. The lowest BCUT2D eigenvalue weighted by Gasteiger charge is -2.34. The van der Waals surface area contributed by atoms with Crippen molar-refractivity contribution < 1.29 is 27.8 Å². The molecule has 0 spiro atoms. The Morgan fingerprint density at radius 2 is 2.28 bits per heavy atom. The molecule has 0 aromatic heterocycles. The summed E-state index contributed by atoms with van der Waals surface area (Å²) in [4.78, 5) is 12.2. The van der Waals surface area contributed by atoms with E-state index < -0.39 is 18.8 Å². The first-order chi connectivity index (χ1) is 8.29. The Bertz CT molecular complexity index is 286. The highest BCUT2D eigenvalue weighted by molar-refractivity contribution is 5.72. The molecule has 0 saturated carbocycles. The van der Waals surface area contributed by atoms with Crippen molar-refractivity contribution in [1.29, 1.82) is 0 Å². The number of carbonyl (C=O) groups is 1. The van der Waals surface area contributed by atoms with Gasteiger partial charge < -0.3 is 15.2 Å². The molecule has 106 valence electrons. The number of alkyl halides is 3. The average molecular weight is 270 g/mol. The quantitative estimate of drug-likeness (QED) is 0.739. The minimum absolute atomic E-state index is 0.217. The summed E-state index contributed by atoms with van der Waals surface area (Å²) in [5.74, 6) is -0.217. The zero-order chi connectivity index (χ0) is 13.8. The zero-order valence-corrected chi connectivity index (χ0v) is 10.0. The fourth-order valence-corrected chi connectivity index (χ4v) is 1.68. The summed E-state index contributed by atoms with van der Waals surface area (Å²) in [6, 6.07) is 0. The van der Waals surface area contributed by atoms with Crippen LogP contribution < -0.4 is 5.32 Å². The Morgan fingerprint density at radius 1 is 1.61 bits per heavy atom. The number of amides is 1. The van der Waals surface area contributed by atoms with Gasteiger partial charge in [0.1, 0.15) is 0 Å². The number of hydrogen-bond acceptors (Lipinski definition) is 4. The number of hydrogen-bond donors (Lipinski definition) is 2. The summed E-state index contributed by atoms with van der Waals surface area (Å²) in [6.45, 7) is 2.03. The molecule has 0 aromatic rings. The van der Waals surface area contributed by atoms with E-state index in [4.69, 9.17) is 9.84 Å². The Balaban J connectivity index is 2.37. The molecule has 1 saturated heterocycles. The van der Waals surface area contributed by atoms with Crippen LogP contribution in [-0.4, -0.2) is 67.1 Å². The zero-order valence-electron chi connectivity index (χ0n) is 10.0. The van der Waals surface area contributed by atoms with Gasteiger partial charge in [-0.2, -0.15) is 13.2 Å². The summed E-state index contributed by atoms with van der Waals surface area (Å²) in [5.41, 5.74) is 0. The second-order valence-corrected chi connectivity index (χ2v) is 4.25. The van der Waals surface area contributed by atoms with Crippen molar-refractivity contribution in [3.63, 3.8) is 0 Å². The van der Waals surface area contributed by atoms with Crippen LogP contribution >= 0.6 is 0 Å². The van der Waals surface area contributed by atoms with E-state index in [9.17, 15) is 18.0 Å². The van der Waals surface area contributed by atoms with Crippen molar-refractivity contribution in [3.05, 3.63) is 0 Å². The first-order valence-corrected chi connectivity index (χ1v) is 5.62. The number of nitrogens with zero attached hydrogens (tertiary/aromatic N) is 1. The number of morpholine rings is 1. The van der Waals surface area contributed by atoms with E-state index >= 15 is 0 Å². The number of nitrogens with one attached hydrogen (secondary N) is 1. The Labute approximate surface area is 103 Å². The molecule has 1 fully saturated rings. The van der Waals surface area contributed by atoms with Crippen LogP contribution in [0.5, 0.6) is 0 Å². The van der Waals surface area contributed by atoms with E-state index in [0.29, 0.717) is 6.54 Å². The summed E-state index contributed by atoms with van der Waals surface area (Å²) in [5, 5.41) is 11.5. The highest BCUT2D eigenvalue weighted by Gasteiger charge is 2.39. The highest BCUT2D eigenvalue weighted by atomic mass is 19.4. The van der Waals surface area contributed by atoms with Crippen molar-refractivity contribution in [2.45, 2.75) is 25.3 Å². The number of halogens is 3. The van der Waals surface area contributed by atoms with Crippen LogP contribution in [0, 0.1) is 0 Å². The van der Waals surface area contributed by atoms with Crippen molar-refractivity contribution in [2.75, 3.05) is 32.8 Å². The summed E-state index contributed by atoms with van der Waals surface area (Å²) in [6.07, 6.45) is -7.30. The number of aliphatic hydroxyl groups excluding tert-OH is 1. The maximum atomic E-state index is 12.2. The van der Waals surface area contributed by atoms with Crippen LogP contribution in [0.3, 0.4) is 0 Å². The molecule has 0 bridgehead atoms. The van der Waals surface area contributed by atoms with Gasteiger partial charge in [-0.1, -0.05) is 0 Å². The molecule has 8 heteroatoms. The summed E-state index contributed by atoms with van der Waals surface area (Å²) < 4.78 is 41.9. The van der Waals surface area contributed by atoms with Gasteiger partial charge in [0.2, 0.25) is 5.91 Å².